The van der Waals surface area contributed by atoms with E-state index in [9.17, 15) is 8.42 Å². The summed E-state index contributed by atoms with van der Waals surface area (Å²) in [5.41, 5.74) is 2.04. The van der Waals surface area contributed by atoms with Crippen molar-refractivity contribution < 1.29 is 8.42 Å². The van der Waals surface area contributed by atoms with Crippen molar-refractivity contribution in [3.05, 3.63) is 55.1 Å². The number of hydrogen-bond donors (Lipinski definition) is 0. The number of aromatic nitrogens is 4. The number of benzene rings is 1. The monoisotopic (exact) mass is 405 g/mol. The highest BCUT2D eigenvalue weighted by molar-refractivity contribution is 7.90. The van der Waals surface area contributed by atoms with Crippen LogP contribution in [0.4, 0.5) is 0 Å². The first-order valence-corrected chi connectivity index (χ1v) is 11.1. The second-order valence-electron chi connectivity index (χ2n) is 7.45. The van der Waals surface area contributed by atoms with Crippen molar-refractivity contribution >= 4 is 32.1 Å². The predicted molar refractivity (Wildman–Crippen MR) is 109 cm³/mol. The molecule has 0 spiro atoms. The third-order valence-electron chi connectivity index (χ3n) is 5.79. The summed E-state index contributed by atoms with van der Waals surface area (Å²) in [4.78, 5) is 9.12. The Morgan fingerprint density at radius 3 is 2.52 bits per heavy atom. The van der Waals surface area contributed by atoms with Crippen LogP contribution in [0, 0.1) is 17.2 Å². The molecule has 0 aliphatic heterocycles. The molecule has 1 saturated carbocycles. The van der Waals surface area contributed by atoms with Crippen molar-refractivity contribution in [3.63, 3.8) is 0 Å². The maximum Gasteiger partial charge on any atom is 0.269 e. The van der Waals surface area contributed by atoms with Gasteiger partial charge in [-0.25, -0.2) is 22.4 Å². The second-order valence-corrected chi connectivity index (χ2v) is 9.26. The zero-order valence-corrected chi connectivity index (χ0v) is 16.5. The summed E-state index contributed by atoms with van der Waals surface area (Å²) in [6.07, 6.45) is 8.58. The average Bonchev–Trinajstić information content (AvgIpc) is 3.38. The zero-order valence-electron chi connectivity index (χ0n) is 15.6. The average molecular weight is 405 g/mol. The van der Waals surface area contributed by atoms with Crippen LogP contribution < -0.4 is 0 Å². The molecule has 0 atom stereocenters. The van der Waals surface area contributed by atoms with Crippen LogP contribution >= 0.6 is 0 Å². The topological polar surface area (TPSA) is 93.6 Å². The lowest BCUT2D eigenvalue weighted by Crippen LogP contribution is -2.17. The number of imidazole rings is 1. The van der Waals surface area contributed by atoms with Gasteiger partial charge in [-0.1, -0.05) is 18.2 Å². The SMILES string of the molecule is N#CC1CCC(n2cnc3cnc4c(ccn4S(=O)(=O)c4ccccc4)c32)CC1. The molecule has 1 fully saturated rings. The van der Waals surface area contributed by atoms with Gasteiger partial charge >= 0.3 is 0 Å². The van der Waals surface area contributed by atoms with Crippen LogP contribution in [-0.4, -0.2) is 26.9 Å². The second kappa shape index (κ2) is 6.71. The van der Waals surface area contributed by atoms with Crippen LogP contribution in [0.25, 0.3) is 22.1 Å². The minimum atomic E-state index is -3.73. The molecule has 3 aromatic heterocycles. The predicted octanol–water partition coefficient (Wildman–Crippen LogP) is 3.88. The maximum absolute atomic E-state index is 13.1. The van der Waals surface area contributed by atoms with Crippen molar-refractivity contribution in [2.75, 3.05) is 0 Å². The third kappa shape index (κ3) is 2.81. The van der Waals surface area contributed by atoms with E-state index >= 15 is 0 Å². The van der Waals surface area contributed by atoms with Crippen LogP contribution in [0.1, 0.15) is 31.7 Å². The molecular weight excluding hydrogens is 386 g/mol. The van der Waals surface area contributed by atoms with E-state index in [1.807, 2.05) is 6.33 Å². The van der Waals surface area contributed by atoms with E-state index < -0.39 is 10.0 Å². The molecule has 0 bridgehead atoms. The highest BCUT2D eigenvalue weighted by atomic mass is 32.2. The van der Waals surface area contributed by atoms with E-state index in [4.69, 9.17) is 5.26 Å². The van der Waals surface area contributed by atoms with Crippen molar-refractivity contribution in [2.45, 2.75) is 36.6 Å². The fourth-order valence-electron chi connectivity index (χ4n) is 4.25. The summed E-state index contributed by atoms with van der Waals surface area (Å²) in [5, 5.41) is 9.92. The van der Waals surface area contributed by atoms with Gasteiger partial charge < -0.3 is 4.57 Å². The molecular formula is C21H19N5O2S. The molecule has 7 nitrogen and oxygen atoms in total. The van der Waals surface area contributed by atoms with Gasteiger partial charge in [-0.05, 0) is 43.9 Å². The minimum Gasteiger partial charge on any atom is -0.327 e. The Kier molecular flexibility index (Phi) is 4.14. The van der Waals surface area contributed by atoms with E-state index in [2.05, 4.69) is 20.6 Å². The molecule has 5 rings (SSSR count). The van der Waals surface area contributed by atoms with E-state index in [0.29, 0.717) is 5.65 Å². The first kappa shape index (κ1) is 17.9. The normalized spacial score (nSPS) is 20.1. The quantitative estimate of drug-likeness (QED) is 0.516. The summed E-state index contributed by atoms with van der Waals surface area (Å²) in [6, 6.07) is 12.8. The molecule has 3 heterocycles. The van der Waals surface area contributed by atoms with Gasteiger partial charge in [0, 0.05) is 23.5 Å². The Morgan fingerprint density at radius 1 is 1.03 bits per heavy atom. The molecule has 0 saturated heterocycles. The highest BCUT2D eigenvalue weighted by Crippen LogP contribution is 2.36. The molecule has 0 unspecified atom stereocenters. The van der Waals surface area contributed by atoms with Crippen LogP contribution in [0.3, 0.4) is 0 Å². The first-order chi connectivity index (χ1) is 14.1. The summed E-state index contributed by atoms with van der Waals surface area (Å²) >= 11 is 0. The van der Waals surface area contributed by atoms with Gasteiger partial charge in [0.25, 0.3) is 10.0 Å². The molecule has 29 heavy (non-hydrogen) atoms. The van der Waals surface area contributed by atoms with Crippen LogP contribution in [0.15, 0.2) is 60.0 Å². The van der Waals surface area contributed by atoms with Crippen LogP contribution in [-0.2, 0) is 10.0 Å². The number of nitrogens with zero attached hydrogens (tertiary/aromatic N) is 5. The Labute approximate surface area is 168 Å². The Morgan fingerprint density at radius 2 is 1.79 bits per heavy atom. The molecule has 1 aliphatic carbocycles. The number of fused-ring (bicyclic) bond motifs is 3. The van der Waals surface area contributed by atoms with Gasteiger partial charge in [-0.3, -0.25) is 0 Å². The minimum absolute atomic E-state index is 0.125. The van der Waals surface area contributed by atoms with E-state index in [0.717, 1.165) is 42.1 Å². The standard InChI is InChI=1S/C21H19N5O2S/c22-12-15-6-8-16(9-7-15)25-14-24-19-13-23-21-18(20(19)25)10-11-26(21)29(27,28)17-4-2-1-3-5-17/h1-5,10-11,13-16H,6-9H2. The summed E-state index contributed by atoms with van der Waals surface area (Å²) < 4.78 is 29.6. The molecule has 8 heteroatoms. The highest BCUT2D eigenvalue weighted by Gasteiger charge is 2.26. The third-order valence-corrected chi connectivity index (χ3v) is 7.47. The van der Waals surface area contributed by atoms with E-state index in [1.165, 1.54) is 3.97 Å². The van der Waals surface area contributed by atoms with Crippen molar-refractivity contribution in [1.82, 2.24) is 18.5 Å². The van der Waals surface area contributed by atoms with Gasteiger partial charge in [-0.15, -0.1) is 0 Å². The molecule has 1 aliphatic rings. The molecule has 4 aromatic rings. The molecule has 146 valence electrons. The lowest BCUT2D eigenvalue weighted by Gasteiger charge is -2.26. The molecule has 0 radical (unpaired) electrons. The summed E-state index contributed by atoms with van der Waals surface area (Å²) in [5.74, 6) is 0.125. The van der Waals surface area contributed by atoms with Gasteiger partial charge in [0.2, 0.25) is 0 Å². The zero-order chi connectivity index (χ0) is 20.0. The lowest BCUT2D eigenvalue weighted by atomic mass is 9.87. The first-order valence-electron chi connectivity index (χ1n) is 9.62. The summed E-state index contributed by atoms with van der Waals surface area (Å²) in [6.45, 7) is 0. The molecule has 1 aromatic carbocycles. The lowest BCUT2D eigenvalue weighted by molar-refractivity contribution is 0.318. The number of nitriles is 1. The largest absolute Gasteiger partial charge is 0.327 e. The Balaban J connectivity index is 1.64. The Bertz CT molecular complexity index is 1340. The van der Waals surface area contributed by atoms with Gasteiger partial charge in [-0.2, -0.15) is 5.26 Å². The van der Waals surface area contributed by atoms with E-state index in [-0.39, 0.29) is 16.9 Å². The Hall–Kier alpha value is -3.18. The van der Waals surface area contributed by atoms with Crippen molar-refractivity contribution in [1.29, 1.82) is 5.26 Å². The van der Waals surface area contributed by atoms with Crippen LogP contribution in [0.5, 0.6) is 0 Å². The van der Waals surface area contributed by atoms with Crippen LogP contribution in [0.2, 0.25) is 0 Å². The number of hydrogen-bond acceptors (Lipinski definition) is 5. The smallest absolute Gasteiger partial charge is 0.269 e. The maximum atomic E-state index is 13.1. The fourth-order valence-corrected chi connectivity index (χ4v) is 5.57. The molecule has 0 N–H and O–H groups in total. The van der Waals surface area contributed by atoms with Gasteiger partial charge in [0.1, 0.15) is 5.52 Å². The fraction of sp³-hybridized carbons (Fsp3) is 0.286. The molecule has 0 amide bonds. The number of pyridine rings is 1. The summed E-state index contributed by atoms with van der Waals surface area (Å²) in [7, 11) is -3.73. The van der Waals surface area contributed by atoms with Crippen molar-refractivity contribution in [3.8, 4) is 6.07 Å². The number of rotatable bonds is 3. The van der Waals surface area contributed by atoms with E-state index in [1.54, 1.807) is 48.8 Å². The van der Waals surface area contributed by atoms with Gasteiger partial charge in [0.05, 0.1) is 29.0 Å². The van der Waals surface area contributed by atoms with Crippen molar-refractivity contribution in [2.24, 2.45) is 5.92 Å². The van der Waals surface area contributed by atoms with Gasteiger partial charge in [0.15, 0.2) is 5.65 Å².